The zero-order chi connectivity index (χ0) is 21.2. The first-order valence-electron chi connectivity index (χ1n) is 9.41. The number of aryl methyl sites for hydroxylation is 1. The number of thiophene rings is 1. The fourth-order valence-corrected chi connectivity index (χ4v) is 5.94. The number of benzene rings is 2. The van der Waals surface area contributed by atoms with Crippen LogP contribution in [-0.4, -0.2) is 24.7 Å². The molecule has 0 aliphatic rings. The topological polar surface area (TPSA) is 86.7 Å². The zero-order valence-corrected chi connectivity index (χ0v) is 18.5. The Kier molecular flexibility index (Phi) is 5.49. The van der Waals surface area contributed by atoms with Crippen molar-refractivity contribution in [2.45, 2.75) is 22.5 Å². The Morgan fingerprint density at radius 2 is 1.94 bits per heavy atom. The van der Waals surface area contributed by atoms with Gasteiger partial charge in [0.2, 0.25) is 0 Å². The Bertz CT molecular complexity index is 1350. The lowest BCUT2D eigenvalue weighted by atomic mass is 10.1. The second-order valence-corrected chi connectivity index (χ2v) is 9.85. The van der Waals surface area contributed by atoms with E-state index in [1.54, 1.807) is 23.5 Å². The summed E-state index contributed by atoms with van der Waals surface area (Å²) in [6, 6.07) is 19.1. The highest BCUT2D eigenvalue weighted by molar-refractivity contribution is 8.01. The van der Waals surface area contributed by atoms with Crippen LogP contribution in [0.15, 0.2) is 75.5 Å². The molecule has 5 aromatic rings. The van der Waals surface area contributed by atoms with Gasteiger partial charge in [0.25, 0.3) is 5.69 Å². The van der Waals surface area contributed by atoms with E-state index in [9.17, 15) is 10.1 Å². The summed E-state index contributed by atoms with van der Waals surface area (Å²) < 4.78 is 3.69. The molecule has 0 unspecified atom stereocenters. The largest absolute Gasteiger partial charge is 0.301 e. The first-order chi connectivity index (χ1) is 15.2. The van der Waals surface area contributed by atoms with E-state index in [2.05, 4.69) is 31.9 Å². The van der Waals surface area contributed by atoms with Gasteiger partial charge in [-0.05, 0) is 41.3 Å². The summed E-state index contributed by atoms with van der Waals surface area (Å²) in [7, 11) is 0. The van der Waals surface area contributed by atoms with Crippen molar-refractivity contribution in [2.24, 2.45) is 0 Å². The lowest BCUT2D eigenvalue weighted by molar-refractivity contribution is -0.384. The molecule has 0 saturated heterocycles. The van der Waals surface area contributed by atoms with Gasteiger partial charge < -0.3 is 4.57 Å². The Morgan fingerprint density at radius 3 is 2.71 bits per heavy atom. The average Bonchev–Trinajstić information content (AvgIpc) is 3.52. The first-order valence-corrected chi connectivity index (χ1v) is 11.9. The van der Waals surface area contributed by atoms with Crippen molar-refractivity contribution in [3.8, 4) is 10.7 Å². The number of fused-ring (bicyclic) bond motifs is 1. The maximum atomic E-state index is 11.1. The first kappa shape index (κ1) is 19.9. The second kappa shape index (κ2) is 8.58. The van der Waals surface area contributed by atoms with Crippen LogP contribution in [-0.2, 0) is 13.0 Å². The smallest absolute Gasteiger partial charge is 0.270 e. The normalized spacial score (nSPS) is 11.2. The van der Waals surface area contributed by atoms with E-state index in [1.807, 2.05) is 35.7 Å². The van der Waals surface area contributed by atoms with Gasteiger partial charge in [-0.2, -0.15) is 0 Å². The third kappa shape index (κ3) is 4.22. The number of non-ortho nitro benzene ring substituents is 1. The summed E-state index contributed by atoms with van der Waals surface area (Å²) in [5.74, 6) is 0.838. The van der Waals surface area contributed by atoms with Gasteiger partial charge in [-0.15, -0.1) is 32.9 Å². The van der Waals surface area contributed by atoms with Crippen molar-refractivity contribution in [3.63, 3.8) is 0 Å². The van der Waals surface area contributed by atoms with Crippen LogP contribution in [0, 0.1) is 10.1 Å². The third-order valence-electron chi connectivity index (χ3n) is 4.67. The maximum absolute atomic E-state index is 11.1. The van der Waals surface area contributed by atoms with Crippen LogP contribution in [0.25, 0.3) is 20.9 Å². The van der Waals surface area contributed by atoms with Crippen LogP contribution < -0.4 is 0 Å². The molecule has 10 heteroatoms. The van der Waals surface area contributed by atoms with Gasteiger partial charge in [0.05, 0.1) is 20.0 Å². The van der Waals surface area contributed by atoms with Crippen molar-refractivity contribution in [1.29, 1.82) is 0 Å². The summed E-state index contributed by atoms with van der Waals surface area (Å²) in [6.45, 7) is 0.739. The van der Waals surface area contributed by atoms with Crippen LogP contribution in [0.5, 0.6) is 0 Å². The van der Waals surface area contributed by atoms with Crippen LogP contribution in [0.1, 0.15) is 5.56 Å². The molecule has 0 atom stereocenters. The second-order valence-electron chi connectivity index (χ2n) is 6.66. The lowest BCUT2D eigenvalue weighted by Gasteiger charge is -2.08. The van der Waals surface area contributed by atoms with E-state index in [-0.39, 0.29) is 10.6 Å². The van der Waals surface area contributed by atoms with Crippen LogP contribution in [0.3, 0.4) is 0 Å². The number of rotatable bonds is 7. The SMILES string of the molecule is O=[N+]([O-])c1ccc2nc(Sc3nnc(-c4cccs4)n3CCc3ccccc3)sc2c1. The highest BCUT2D eigenvalue weighted by atomic mass is 32.2. The van der Waals surface area contributed by atoms with Crippen molar-refractivity contribution in [1.82, 2.24) is 19.7 Å². The quantitative estimate of drug-likeness (QED) is 0.219. The van der Waals surface area contributed by atoms with Crippen LogP contribution in [0.4, 0.5) is 5.69 Å². The number of nitrogens with zero attached hydrogens (tertiary/aromatic N) is 5. The van der Waals surface area contributed by atoms with Crippen molar-refractivity contribution in [2.75, 3.05) is 0 Å². The van der Waals surface area contributed by atoms with Gasteiger partial charge in [-0.1, -0.05) is 36.4 Å². The van der Waals surface area contributed by atoms with Gasteiger partial charge in [-0.25, -0.2) is 4.98 Å². The molecule has 31 heavy (non-hydrogen) atoms. The predicted octanol–water partition coefficient (Wildman–Crippen LogP) is 5.92. The number of aromatic nitrogens is 4. The molecule has 0 bridgehead atoms. The highest BCUT2D eigenvalue weighted by Gasteiger charge is 2.18. The van der Waals surface area contributed by atoms with Crippen molar-refractivity contribution < 1.29 is 4.92 Å². The molecule has 0 radical (unpaired) electrons. The fourth-order valence-electron chi connectivity index (χ4n) is 3.17. The Balaban J connectivity index is 1.47. The molecule has 2 aromatic carbocycles. The number of hydrogen-bond donors (Lipinski definition) is 0. The average molecular weight is 466 g/mol. The van der Waals surface area contributed by atoms with Crippen LogP contribution in [0.2, 0.25) is 0 Å². The molecular formula is C21H15N5O2S3. The standard InChI is InChI=1S/C21H15N5O2S3/c27-26(28)15-8-9-16-18(13-15)30-21(22-16)31-20-24-23-19(17-7-4-12-29-17)25(20)11-10-14-5-2-1-3-6-14/h1-9,12-13H,10-11H2. The van der Waals surface area contributed by atoms with Crippen molar-refractivity contribution >= 4 is 50.3 Å². The van der Waals surface area contributed by atoms with E-state index in [1.165, 1.54) is 34.7 Å². The molecule has 0 aliphatic heterocycles. The summed E-state index contributed by atoms with van der Waals surface area (Å²) in [6.07, 6.45) is 0.858. The van der Waals surface area contributed by atoms with E-state index in [0.29, 0.717) is 0 Å². The minimum absolute atomic E-state index is 0.0682. The molecule has 5 rings (SSSR count). The zero-order valence-electron chi connectivity index (χ0n) is 16.0. The van der Waals surface area contributed by atoms with E-state index < -0.39 is 0 Å². The molecule has 0 aliphatic carbocycles. The number of nitro benzene ring substituents is 1. The molecule has 0 saturated carbocycles. The van der Waals surface area contributed by atoms with E-state index in [0.717, 1.165) is 43.4 Å². The molecule has 3 heterocycles. The molecule has 0 spiro atoms. The third-order valence-corrected chi connectivity index (χ3v) is 7.60. The Hall–Kier alpha value is -3.08. The summed E-state index contributed by atoms with van der Waals surface area (Å²) in [5, 5.41) is 22.7. The molecule has 0 N–H and O–H groups in total. The van der Waals surface area contributed by atoms with Gasteiger partial charge in [0, 0.05) is 18.7 Å². The van der Waals surface area contributed by atoms with Crippen LogP contribution >= 0.6 is 34.4 Å². The maximum Gasteiger partial charge on any atom is 0.270 e. The summed E-state index contributed by atoms with van der Waals surface area (Å²) in [5.41, 5.74) is 2.06. The van der Waals surface area contributed by atoms with Gasteiger partial charge >= 0.3 is 0 Å². The van der Waals surface area contributed by atoms with Gasteiger partial charge in [0.1, 0.15) is 0 Å². The minimum atomic E-state index is -0.389. The monoisotopic (exact) mass is 465 g/mol. The lowest BCUT2D eigenvalue weighted by Crippen LogP contribution is -2.04. The Morgan fingerprint density at radius 1 is 1.06 bits per heavy atom. The van der Waals surface area contributed by atoms with Crippen molar-refractivity contribution in [3.05, 3.63) is 81.7 Å². The molecule has 0 amide bonds. The number of thiazole rings is 1. The highest BCUT2D eigenvalue weighted by Crippen LogP contribution is 2.36. The molecule has 7 nitrogen and oxygen atoms in total. The minimum Gasteiger partial charge on any atom is -0.301 e. The van der Waals surface area contributed by atoms with E-state index in [4.69, 9.17) is 0 Å². The summed E-state index contributed by atoms with van der Waals surface area (Å²) >= 11 is 4.49. The van der Waals surface area contributed by atoms with Gasteiger partial charge in [0.15, 0.2) is 15.3 Å². The van der Waals surface area contributed by atoms with E-state index >= 15 is 0 Å². The Labute approximate surface area is 189 Å². The number of nitro groups is 1. The fraction of sp³-hybridized carbons (Fsp3) is 0.0952. The number of hydrogen-bond acceptors (Lipinski definition) is 8. The van der Waals surface area contributed by atoms with Gasteiger partial charge in [-0.3, -0.25) is 10.1 Å². The predicted molar refractivity (Wildman–Crippen MR) is 124 cm³/mol. The molecule has 154 valence electrons. The molecular weight excluding hydrogens is 450 g/mol. The molecule has 3 aromatic heterocycles. The summed E-state index contributed by atoms with van der Waals surface area (Å²) in [4.78, 5) is 16.3. The molecule has 0 fully saturated rings.